The maximum Gasteiger partial charge on any atom is 0.226 e. The Balaban J connectivity index is 1.84. The van der Waals surface area contributed by atoms with E-state index >= 15 is 0 Å². The maximum absolute atomic E-state index is 5.60. The molecule has 0 spiro atoms. The van der Waals surface area contributed by atoms with Crippen molar-refractivity contribution in [3.63, 3.8) is 0 Å². The SMILES string of the molecule is CCCC1CCC(Nc2nccc(OC(C)C)n2)CC1. The predicted octanol–water partition coefficient (Wildman–Crippen LogP) is 4.03. The van der Waals surface area contributed by atoms with Crippen molar-refractivity contribution < 1.29 is 4.74 Å². The lowest BCUT2D eigenvalue weighted by Gasteiger charge is -2.28. The largest absolute Gasteiger partial charge is 0.475 e. The zero-order valence-corrected chi connectivity index (χ0v) is 12.9. The van der Waals surface area contributed by atoms with E-state index < -0.39 is 0 Å². The first-order valence-electron chi connectivity index (χ1n) is 7.93. The molecule has 0 radical (unpaired) electrons. The van der Waals surface area contributed by atoms with Gasteiger partial charge in [-0.05, 0) is 45.4 Å². The zero-order valence-electron chi connectivity index (χ0n) is 12.9. The summed E-state index contributed by atoms with van der Waals surface area (Å²) in [5, 5.41) is 3.45. The molecule has 4 nitrogen and oxygen atoms in total. The molecular weight excluding hydrogens is 250 g/mol. The second-order valence-electron chi connectivity index (χ2n) is 6.04. The first-order valence-corrected chi connectivity index (χ1v) is 7.93. The van der Waals surface area contributed by atoms with Gasteiger partial charge in [0.2, 0.25) is 11.8 Å². The summed E-state index contributed by atoms with van der Waals surface area (Å²) in [7, 11) is 0. The molecular formula is C16H27N3O. The smallest absolute Gasteiger partial charge is 0.226 e. The van der Waals surface area contributed by atoms with Gasteiger partial charge in [-0.3, -0.25) is 0 Å². The van der Waals surface area contributed by atoms with Gasteiger partial charge in [0, 0.05) is 18.3 Å². The van der Waals surface area contributed by atoms with E-state index in [9.17, 15) is 0 Å². The monoisotopic (exact) mass is 277 g/mol. The van der Waals surface area contributed by atoms with E-state index in [2.05, 4.69) is 22.2 Å². The van der Waals surface area contributed by atoms with Crippen LogP contribution in [0.1, 0.15) is 59.3 Å². The fourth-order valence-corrected chi connectivity index (χ4v) is 2.91. The molecule has 2 rings (SSSR count). The number of aromatic nitrogens is 2. The molecule has 20 heavy (non-hydrogen) atoms. The minimum atomic E-state index is 0.141. The third-order valence-electron chi connectivity index (χ3n) is 3.86. The summed E-state index contributed by atoms with van der Waals surface area (Å²) in [6.07, 6.45) is 9.69. The van der Waals surface area contributed by atoms with Gasteiger partial charge in [0.15, 0.2) is 0 Å². The zero-order chi connectivity index (χ0) is 14.4. The molecule has 0 aromatic carbocycles. The van der Waals surface area contributed by atoms with Crippen molar-refractivity contribution in [2.24, 2.45) is 5.92 Å². The van der Waals surface area contributed by atoms with Crippen LogP contribution in [0.25, 0.3) is 0 Å². The first kappa shape index (κ1) is 15.1. The predicted molar refractivity (Wildman–Crippen MR) is 82.1 cm³/mol. The number of hydrogen-bond acceptors (Lipinski definition) is 4. The molecule has 1 aromatic heterocycles. The molecule has 1 aliphatic carbocycles. The molecule has 1 N–H and O–H groups in total. The van der Waals surface area contributed by atoms with Crippen LogP contribution in [0, 0.1) is 5.92 Å². The second kappa shape index (κ2) is 7.46. The van der Waals surface area contributed by atoms with E-state index in [-0.39, 0.29) is 6.10 Å². The van der Waals surface area contributed by atoms with Crippen molar-refractivity contribution in [2.75, 3.05) is 5.32 Å². The molecule has 1 saturated carbocycles. The Labute approximate surface area is 122 Å². The van der Waals surface area contributed by atoms with Gasteiger partial charge in [-0.2, -0.15) is 4.98 Å². The average molecular weight is 277 g/mol. The standard InChI is InChI=1S/C16H27N3O/c1-4-5-13-6-8-14(9-7-13)18-16-17-11-10-15(19-16)20-12(2)3/h10-14H,4-9H2,1-3H3,(H,17,18,19). The topological polar surface area (TPSA) is 47.0 Å². The lowest BCUT2D eigenvalue weighted by Crippen LogP contribution is -2.27. The van der Waals surface area contributed by atoms with Crippen LogP contribution in [0.3, 0.4) is 0 Å². The molecule has 112 valence electrons. The lowest BCUT2D eigenvalue weighted by molar-refractivity contribution is 0.232. The normalized spacial score (nSPS) is 22.8. The van der Waals surface area contributed by atoms with Crippen LogP contribution in [0.2, 0.25) is 0 Å². The number of ether oxygens (including phenoxy) is 1. The van der Waals surface area contributed by atoms with E-state index in [1.165, 1.54) is 38.5 Å². The summed E-state index contributed by atoms with van der Waals surface area (Å²) in [4.78, 5) is 8.71. The highest BCUT2D eigenvalue weighted by molar-refractivity contribution is 5.29. The van der Waals surface area contributed by atoms with Crippen LogP contribution >= 0.6 is 0 Å². The van der Waals surface area contributed by atoms with Crippen LogP contribution in [-0.4, -0.2) is 22.1 Å². The van der Waals surface area contributed by atoms with E-state index in [1.807, 2.05) is 19.9 Å². The van der Waals surface area contributed by atoms with E-state index in [1.54, 1.807) is 6.20 Å². The minimum absolute atomic E-state index is 0.141. The van der Waals surface area contributed by atoms with Crippen molar-refractivity contribution in [3.8, 4) is 5.88 Å². The Bertz CT molecular complexity index is 400. The molecule has 0 saturated heterocycles. The molecule has 1 aromatic rings. The summed E-state index contributed by atoms with van der Waals surface area (Å²) in [6, 6.07) is 2.32. The van der Waals surface area contributed by atoms with E-state index in [0.29, 0.717) is 17.9 Å². The molecule has 0 atom stereocenters. The summed E-state index contributed by atoms with van der Waals surface area (Å²) < 4.78 is 5.60. The third kappa shape index (κ3) is 4.66. The first-order chi connectivity index (χ1) is 9.67. The number of hydrogen-bond donors (Lipinski definition) is 1. The summed E-state index contributed by atoms with van der Waals surface area (Å²) in [5.41, 5.74) is 0. The molecule has 0 amide bonds. The summed E-state index contributed by atoms with van der Waals surface area (Å²) >= 11 is 0. The molecule has 0 bridgehead atoms. The van der Waals surface area contributed by atoms with E-state index in [4.69, 9.17) is 4.74 Å². The van der Waals surface area contributed by atoms with Crippen LogP contribution in [-0.2, 0) is 0 Å². The van der Waals surface area contributed by atoms with Crippen molar-refractivity contribution in [2.45, 2.75) is 71.4 Å². The van der Waals surface area contributed by atoms with Gasteiger partial charge in [0.1, 0.15) is 0 Å². The minimum Gasteiger partial charge on any atom is -0.475 e. The number of nitrogens with zero attached hydrogens (tertiary/aromatic N) is 2. The van der Waals surface area contributed by atoms with E-state index in [0.717, 1.165) is 5.92 Å². The summed E-state index contributed by atoms with van der Waals surface area (Å²) in [5.74, 6) is 2.27. The lowest BCUT2D eigenvalue weighted by atomic mass is 9.83. The van der Waals surface area contributed by atoms with Crippen LogP contribution in [0.4, 0.5) is 5.95 Å². The molecule has 0 aliphatic heterocycles. The Morgan fingerprint density at radius 3 is 2.70 bits per heavy atom. The van der Waals surface area contributed by atoms with Gasteiger partial charge >= 0.3 is 0 Å². The van der Waals surface area contributed by atoms with Crippen molar-refractivity contribution in [1.82, 2.24) is 9.97 Å². The molecule has 0 unspecified atom stereocenters. The molecule has 1 heterocycles. The average Bonchev–Trinajstić information content (AvgIpc) is 2.41. The highest BCUT2D eigenvalue weighted by Crippen LogP contribution is 2.29. The Kier molecular flexibility index (Phi) is 5.62. The highest BCUT2D eigenvalue weighted by atomic mass is 16.5. The van der Waals surface area contributed by atoms with Gasteiger partial charge in [0.05, 0.1) is 6.10 Å². The van der Waals surface area contributed by atoms with Crippen molar-refractivity contribution >= 4 is 5.95 Å². The van der Waals surface area contributed by atoms with Gasteiger partial charge in [-0.25, -0.2) is 4.98 Å². The Hall–Kier alpha value is -1.32. The third-order valence-corrected chi connectivity index (χ3v) is 3.86. The van der Waals surface area contributed by atoms with Gasteiger partial charge in [0.25, 0.3) is 0 Å². The maximum atomic E-state index is 5.60. The Morgan fingerprint density at radius 2 is 2.05 bits per heavy atom. The molecule has 1 aliphatic rings. The summed E-state index contributed by atoms with van der Waals surface area (Å²) in [6.45, 7) is 6.28. The molecule has 4 heteroatoms. The quantitative estimate of drug-likeness (QED) is 0.852. The van der Waals surface area contributed by atoms with Crippen LogP contribution < -0.4 is 10.1 Å². The van der Waals surface area contributed by atoms with Crippen molar-refractivity contribution in [3.05, 3.63) is 12.3 Å². The number of rotatable bonds is 6. The van der Waals surface area contributed by atoms with Crippen LogP contribution in [0.15, 0.2) is 12.3 Å². The number of anilines is 1. The Morgan fingerprint density at radius 1 is 1.30 bits per heavy atom. The fourth-order valence-electron chi connectivity index (χ4n) is 2.91. The molecule has 1 fully saturated rings. The van der Waals surface area contributed by atoms with Gasteiger partial charge in [-0.15, -0.1) is 0 Å². The van der Waals surface area contributed by atoms with Gasteiger partial charge < -0.3 is 10.1 Å². The van der Waals surface area contributed by atoms with Crippen molar-refractivity contribution in [1.29, 1.82) is 0 Å². The van der Waals surface area contributed by atoms with Crippen LogP contribution in [0.5, 0.6) is 5.88 Å². The van der Waals surface area contributed by atoms with Gasteiger partial charge in [-0.1, -0.05) is 19.8 Å². The highest BCUT2D eigenvalue weighted by Gasteiger charge is 2.21. The fraction of sp³-hybridized carbons (Fsp3) is 0.750. The number of nitrogens with one attached hydrogen (secondary N) is 1. The second-order valence-corrected chi connectivity index (χ2v) is 6.04.